The first-order valence-electron chi connectivity index (χ1n) is 10.0. The van der Waals surface area contributed by atoms with Crippen molar-refractivity contribution in [3.63, 3.8) is 0 Å². The molecule has 2 aromatic rings. The van der Waals surface area contributed by atoms with E-state index in [4.69, 9.17) is 9.47 Å². The third kappa shape index (κ3) is 6.33. The highest BCUT2D eigenvalue weighted by atomic mass is 127. The van der Waals surface area contributed by atoms with E-state index >= 15 is 0 Å². The smallest absolute Gasteiger partial charge is 0.229 e. The zero-order valence-electron chi connectivity index (χ0n) is 17.4. The minimum absolute atomic E-state index is 0.546. The molecule has 1 aliphatic rings. The second-order valence-corrected chi connectivity index (χ2v) is 8.15. The quantitative estimate of drug-likeness (QED) is 0.283. The summed E-state index contributed by atoms with van der Waals surface area (Å²) >= 11 is 2.49. The Morgan fingerprint density at radius 3 is 2.83 bits per heavy atom. The summed E-state index contributed by atoms with van der Waals surface area (Å²) < 4.78 is 12.8. The van der Waals surface area contributed by atoms with Crippen molar-refractivity contribution in [3.8, 4) is 11.5 Å². The number of alkyl halides is 1. The number of hydrogen-bond donors (Lipinski definition) is 2. The number of halogens is 1. The van der Waals surface area contributed by atoms with Gasteiger partial charge in [0.1, 0.15) is 5.82 Å². The largest absolute Gasteiger partial charge is 0.493 e. The summed E-state index contributed by atoms with van der Waals surface area (Å²) in [6.07, 6.45) is 2.32. The van der Waals surface area contributed by atoms with Crippen LogP contribution in [0.4, 0.5) is 17.5 Å². The second kappa shape index (κ2) is 10.8. The first-order chi connectivity index (χ1) is 14.1. The molecule has 1 atom stereocenters. The predicted octanol–water partition coefficient (Wildman–Crippen LogP) is 4.10. The molecular weight excluding hydrogens is 481 g/mol. The summed E-state index contributed by atoms with van der Waals surface area (Å²) in [7, 11) is 3.50. The van der Waals surface area contributed by atoms with E-state index in [9.17, 15) is 0 Å². The molecule has 2 heterocycles. The van der Waals surface area contributed by atoms with E-state index in [0.29, 0.717) is 12.6 Å². The van der Waals surface area contributed by atoms with Crippen molar-refractivity contribution in [2.75, 3.05) is 55.5 Å². The van der Waals surface area contributed by atoms with Gasteiger partial charge in [0.25, 0.3) is 0 Å². The number of nitrogens with zero attached hydrogens (tertiary/aromatic N) is 3. The number of benzene rings is 1. The fraction of sp³-hybridized carbons (Fsp3) is 0.524. The molecule has 0 aliphatic carbocycles. The molecule has 3 rings (SSSR count). The molecule has 0 radical (unpaired) electrons. The lowest BCUT2D eigenvalue weighted by atomic mass is 10.2. The van der Waals surface area contributed by atoms with Crippen LogP contribution in [0, 0.1) is 12.8 Å². The van der Waals surface area contributed by atoms with Crippen LogP contribution in [0.2, 0.25) is 0 Å². The highest BCUT2D eigenvalue weighted by molar-refractivity contribution is 14.1. The Bertz CT molecular complexity index is 805. The van der Waals surface area contributed by atoms with Crippen molar-refractivity contribution in [1.82, 2.24) is 14.9 Å². The molecule has 2 N–H and O–H groups in total. The highest BCUT2D eigenvalue weighted by Crippen LogP contribution is 2.31. The molecule has 0 amide bonds. The minimum atomic E-state index is 0.546. The number of nitrogens with one attached hydrogen (secondary N) is 2. The maximum Gasteiger partial charge on any atom is 0.229 e. The maximum atomic E-state index is 6.04. The Morgan fingerprint density at radius 2 is 2.10 bits per heavy atom. The van der Waals surface area contributed by atoms with Gasteiger partial charge in [0.2, 0.25) is 5.95 Å². The summed E-state index contributed by atoms with van der Waals surface area (Å²) in [5.74, 6) is 3.63. The number of aromatic nitrogens is 2. The molecule has 0 saturated carbocycles. The lowest BCUT2D eigenvalue weighted by Crippen LogP contribution is -2.23. The van der Waals surface area contributed by atoms with Gasteiger partial charge in [0.15, 0.2) is 11.5 Å². The number of rotatable bonds is 10. The van der Waals surface area contributed by atoms with Gasteiger partial charge in [-0.1, -0.05) is 22.6 Å². The molecular formula is C21H30IN5O2. The van der Waals surface area contributed by atoms with Crippen LogP contribution in [0.25, 0.3) is 0 Å². The molecule has 1 unspecified atom stereocenters. The van der Waals surface area contributed by atoms with Crippen LogP contribution in [-0.2, 0) is 0 Å². The van der Waals surface area contributed by atoms with Crippen molar-refractivity contribution < 1.29 is 9.47 Å². The number of methoxy groups -OCH3 is 1. The third-order valence-corrected chi connectivity index (χ3v) is 6.24. The Morgan fingerprint density at radius 1 is 1.24 bits per heavy atom. The first-order valence-corrected chi connectivity index (χ1v) is 11.5. The van der Waals surface area contributed by atoms with Crippen LogP contribution in [-0.4, -0.2) is 59.7 Å². The third-order valence-electron chi connectivity index (χ3n) is 4.99. The number of aryl methyl sites for hydroxylation is 1. The molecule has 29 heavy (non-hydrogen) atoms. The zero-order valence-corrected chi connectivity index (χ0v) is 19.5. The molecule has 7 nitrogen and oxygen atoms in total. The summed E-state index contributed by atoms with van der Waals surface area (Å²) in [5.41, 5.74) is 1.75. The normalized spacial score (nSPS) is 16.6. The van der Waals surface area contributed by atoms with Gasteiger partial charge in [0, 0.05) is 48.1 Å². The van der Waals surface area contributed by atoms with Gasteiger partial charge < -0.3 is 25.0 Å². The number of hydrogen-bond acceptors (Lipinski definition) is 7. The molecule has 158 valence electrons. The van der Waals surface area contributed by atoms with Crippen LogP contribution in [0.15, 0.2) is 24.3 Å². The SMILES string of the molecule is CNc1cc(C)nc(Nc2ccc(OC)c(OCCCN3CCC(CI)C3)c2)n1. The average Bonchev–Trinajstić information content (AvgIpc) is 3.19. The molecule has 0 spiro atoms. The second-order valence-electron chi connectivity index (χ2n) is 7.27. The first kappa shape index (κ1) is 21.9. The molecule has 1 fully saturated rings. The van der Waals surface area contributed by atoms with Gasteiger partial charge in [-0.15, -0.1) is 0 Å². The van der Waals surface area contributed by atoms with Crippen LogP contribution < -0.4 is 20.1 Å². The molecule has 1 aromatic carbocycles. The van der Waals surface area contributed by atoms with E-state index in [1.54, 1.807) is 7.11 Å². The Balaban J connectivity index is 1.58. The fourth-order valence-electron chi connectivity index (χ4n) is 3.46. The number of likely N-dealkylation sites (tertiary alicyclic amines) is 1. The number of ether oxygens (including phenoxy) is 2. The lowest BCUT2D eigenvalue weighted by molar-refractivity contribution is 0.252. The van der Waals surface area contributed by atoms with Gasteiger partial charge >= 0.3 is 0 Å². The van der Waals surface area contributed by atoms with Crippen LogP contribution >= 0.6 is 22.6 Å². The topological polar surface area (TPSA) is 71.5 Å². The summed E-state index contributed by atoms with van der Waals surface area (Å²) in [5, 5.41) is 6.30. The maximum absolute atomic E-state index is 6.04. The van der Waals surface area contributed by atoms with Crippen LogP contribution in [0.1, 0.15) is 18.5 Å². The minimum Gasteiger partial charge on any atom is -0.493 e. The van der Waals surface area contributed by atoms with Gasteiger partial charge in [-0.3, -0.25) is 0 Å². The Hall–Kier alpha value is -1.81. The highest BCUT2D eigenvalue weighted by Gasteiger charge is 2.20. The number of anilines is 3. The molecule has 8 heteroatoms. The van der Waals surface area contributed by atoms with Gasteiger partial charge in [0.05, 0.1) is 13.7 Å². The summed E-state index contributed by atoms with van der Waals surface area (Å²) in [6.45, 7) is 6.12. The van der Waals surface area contributed by atoms with E-state index in [-0.39, 0.29) is 0 Å². The van der Waals surface area contributed by atoms with Crippen molar-refractivity contribution in [2.45, 2.75) is 19.8 Å². The molecule has 0 bridgehead atoms. The van der Waals surface area contributed by atoms with Gasteiger partial charge in [-0.25, -0.2) is 4.98 Å². The molecule has 1 saturated heterocycles. The zero-order chi connectivity index (χ0) is 20.6. The van der Waals surface area contributed by atoms with Crippen molar-refractivity contribution in [1.29, 1.82) is 0 Å². The predicted molar refractivity (Wildman–Crippen MR) is 126 cm³/mol. The van der Waals surface area contributed by atoms with Crippen LogP contribution in [0.5, 0.6) is 11.5 Å². The lowest BCUT2D eigenvalue weighted by Gasteiger charge is -2.17. The standard InChI is InChI=1S/C21H30IN5O2/c1-15-11-20(23-2)26-21(24-15)25-17-5-6-18(28-3)19(12-17)29-10-4-8-27-9-7-16(13-22)14-27/h5-6,11-12,16H,4,7-10,13-14H2,1-3H3,(H2,23,24,25,26). The van der Waals surface area contributed by atoms with Gasteiger partial charge in [-0.2, -0.15) is 4.98 Å². The van der Waals surface area contributed by atoms with Crippen molar-refractivity contribution in [2.24, 2.45) is 5.92 Å². The van der Waals surface area contributed by atoms with E-state index in [2.05, 4.69) is 48.1 Å². The van der Waals surface area contributed by atoms with E-state index in [1.165, 1.54) is 23.9 Å². The average molecular weight is 511 g/mol. The van der Waals surface area contributed by atoms with E-state index < -0.39 is 0 Å². The summed E-state index contributed by atoms with van der Waals surface area (Å²) in [4.78, 5) is 11.4. The monoisotopic (exact) mass is 511 g/mol. The molecule has 1 aromatic heterocycles. The Kier molecular flexibility index (Phi) is 8.17. The van der Waals surface area contributed by atoms with E-state index in [0.717, 1.165) is 47.6 Å². The molecule has 1 aliphatic heterocycles. The van der Waals surface area contributed by atoms with E-state index in [1.807, 2.05) is 38.2 Å². The van der Waals surface area contributed by atoms with Crippen LogP contribution in [0.3, 0.4) is 0 Å². The Labute approximate surface area is 186 Å². The van der Waals surface area contributed by atoms with Crippen molar-refractivity contribution in [3.05, 3.63) is 30.0 Å². The summed E-state index contributed by atoms with van der Waals surface area (Å²) in [6, 6.07) is 7.67. The fourth-order valence-corrected chi connectivity index (χ4v) is 4.18. The van der Waals surface area contributed by atoms with Crippen molar-refractivity contribution >= 4 is 40.0 Å². The van der Waals surface area contributed by atoms with Gasteiger partial charge in [-0.05, 0) is 44.4 Å².